The van der Waals surface area contributed by atoms with E-state index in [9.17, 15) is 4.79 Å². The lowest BCUT2D eigenvalue weighted by Gasteiger charge is -2.27. The zero-order valence-corrected chi connectivity index (χ0v) is 8.66. The molecule has 0 aliphatic carbocycles. The maximum absolute atomic E-state index is 11.3. The Bertz CT molecular complexity index is 459. The van der Waals surface area contributed by atoms with Crippen molar-refractivity contribution in [2.24, 2.45) is 5.73 Å². The summed E-state index contributed by atoms with van der Waals surface area (Å²) >= 11 is 0. The Labute approximate surface area is 92.5 Å². The summed E-state index contributed by atoms with van der Waals surface area (Å²) in [4.78, 5) is 11.3. The van der Waals surface area contributed by atoms with Gasteiger partial charge in [-0.15, -0.1) is 0 Å². The predicted octanol–water partition coefficient (Wildman–Crippen LogP) is 0.280. The van der Waals surface area contributed by atoms with Gasteiger partial charge in [0, 0.05) is 17.8 Å². The van der Waals surface area contributed by atoms with E-state index in [1.54, 1.807) is 0 Å². The third kappa shape index (κ3) is 1.32. The molecule has 1 amide bonds. The summed E-state index contributed by atoms with van der Waals surface area (Å²) in [5, 5.41) is 2.77. The minimum absolute atomic E-state index is 0.0122. The lowest BCUT2D eigenvalue weighted by atomic mass is 10.1. The Morgan fingerprint density at radius 3 is 3.19 bits per heavy atom. The van der Waals surface area contributed by atoms with E-state index in [0.717, 1.165) is 11.3 Å². The van der Waals surface area contributed by atoms with Crippen LogP contribution in [0.3, 0.4) is 0 Å². The summed E-state index contributed by atoms with van der Waals surface area (Å²) in [5.74, 6) is 1.35. The van der Waals surface area contributed by atoms with Crippen molar-refractivity contribution in [1.82, 2.24) is 0 Å². The van der Waals surface area contributed by atoms with Gasteiger partial charge in [0.25, 0.3) is 0 Å². The molecule has 0 spiro atoms. The lowest BCUT2D eigenvalue weighted by Crippen LogP contribution is -2.36. The van der Waals surface area contributed by atoms with Crippen molar-refractivity contribution in [2.75, 3.05) is 18.5 Å². The molecule has 2 aliphatic rings. The molecule has 5 nitrogen and oxygen atoms in total. The highest BCUT2D eigenvalue weighted by molar-refractivity contribution is 6.00. The van der Waals surface area contributed by atoms with Crippen LogP contribution in [0.4, 0.5) is 5.69 Å². The summed E-state index contributed by atoms with van der Waals surface area (Å²) in [6, 6.07) is 3.65. The summed E-state index contributed by atoms with van der Waals surface area (Å²) in [6.07, 6.45) is 0.216. The number of benzene rings is 1. The van der Waals surface area contributed by atoms with Crippen molar-refractivity contribution >= 4 is 11.6 Å². The molecule has 2 aliphatic heterocycles. The highest BCUT2D eigenvalue weighted by Crippen LogP contribution is 2.41. The number of hydrogen-bond acceptors (Lipinski definition) is 4. The number of carbonyl (C=O) groups is 1. The fourth-order valence-electron chi connectivity index (χ4n) is 2.00. The van der Waals surface area contributed by atoms with Crippen LogP contribution in [0.1, 0.15) is 5.56 Å². The molecule has 1 aromatic rings. The maximum Gasteiger partial charge on any atom is 0.229 e. The molecule has 1 unspecified atom stereocenters. The minimum Gasteiger partial charge on any atom is -0.486 e. The van der Waals surface area contributed by atoms with Crippen LogP contribution in [0.2, 0.25) is 0 Å². The van der Waals surface area contributed by atoms with Gasteiger partial charge in [-0.25, -0.2) is 0 Å². The Hall–Kier alpha value is -1.75. The summed E-state index contributed by atoms with van der Waals surface area (Å²) in [5.41, 5.74) is 7.23. The van der Waals surface area contributed by atoms with Crippen molar-refractivity contribution in [3.8, 4) is 11.5 Å². The highest BCUT2D eigenvalue weighted by atomic mass is 16.6. The number of ether oxygens (including phenoxy) is 2. The molecule has 0 radical (unpaired) electrons. The molecule has 0 saturated heterocycles. The molecule has 5 heteroatoms. The normalized spacial score (nSPS) is 21.6. The SMILES string of the molecule is NCC1COc2ccc3c(c2O1)CC(=O)N3. The first-order chi connectivity index (χ1) is 7.78. The number of amides is 1. The molecule has 0 saturated carbocycles. The van der Waals surface area contributed by atoms with Crippen molar-refractivity contribution < 1.29 is 14.3 Å². The maximum atomic E-state index is 11.3. The molecule has 3 rings (SSSR count). The second kappa shape index (κ2) is 3.38. The van der Waals surface area contributed by atoms with Gasteiger partial charge in [-0.1, -0.05) is 0 Å². The molecule has 2 heterocycles. The van der Waals surface area contributed by atoms with E-state index < -0.39 is 0 Å². The second-order valence-electron chi connectivity index (χ2n) is 3.93. The number of fused-ring (bicyclic) bond motifs is 3. The van der Waals surface area contributed by atoms with Gasteiger partial charge in [-0.2, -0.15) is 0 Å². The van der Waals surface area contributed by atoms with Gasteiger partial charge >= 0.3 is 0 Å². The van der Waals surface area contributed by atoms with Gasteiger partial charge < -0.3 is 20.5 Å². The number of carbonyl (C=O) groups excluding carboxylic acids is 1. The summed E-state index contributed by atoms with van der Waals surface area (Å²) in [6.45, 7) is 0.869. The Balaban J connectivity index is 2.04. The quantitative estimate of drug-likeness (QED) is 0.713. The number of hydrogen-bond donors (Lipinski definition) is 2. The van der Waals surface area contributed by atoms with Crippen molar-refractivity contribution in [3.63, 3.8) is 0 Å². The molecular formula is C11H12N2O3. The Kier molecular flexibility index (Phi) is 2.00. The fourth-order valence-corrected chi connectivity index (χ4v) is 2.00. The first-order valence-corrected chi connectivity index (χ1v) is 5.23. The Morgan fingerprint density at radius 1 is 1.50 bits per heavy atom. The number of nitrogens with two attached hydrogens (primary N) is 1. The van der Waals surface area contributed by atoms with Gasteiger partial charge in [0.15, 0.2) is 11.5 Å². The smallest absolute Gasteiger partial charge is 0.229 e. The minimum atomic E-state index is -0.130. The van der Waals surface area contributed by atoms with Crippen LogP contribution in [-0.2, 0) is 11.2 Å². The molecule has 84 valence electrons. The van der Waals surface area contributed by atoms with Crippen LogP contribution in [-0.4, -0.2) is 25.2 Å². The first-order valence-electron chi connectivity index (χ1n) is 5.23. The van der Waals surface area contributed by atoms with Crippen LogP contribution >= 0.6 is 0 Å². The third-order valence-electron chi connectivity index (χ3n) is 2.81. The number of nitrogens with one attached hydrogen (secondary N) is 1. The zero-order chi connectivity index (χ0) is 11.1. The van der Waals surface area contributed by atoms with Gasteiger partial charge in [0.1, 0.15) is 12.7 Å². The number of rotatable bonds is 1. The van der Waals surface area contributed by atoms with Gasteiger partial charge in [0.2, 0.25) is 5.91 Å². The van der Waals surface area contributed by atoms with Crippen LogP contribution < -0.4 is 20.5 Å². The van der Waals surface area contributed by atoms with Gasteiger partial charge in [-0.05, 0) is 12.1 Å². The molecule has 0 bridgehead atoms. The molecule has 16 heavy (non-hydrogen) atoms. The average Bonchev–Trinajstić information content (AvgIpc) is 2.69. The number of anilines is 1. The topological polar surface area (TPSA) is 73.6 Å². The second-order valence-corrected chi connectivity index (χ2v) is 3.93. The van der Waals surface area contributed by atoms with Crippen molar-refractivity contribution in [2.45, 2.75) is 12.5 Å². The Morgan fingerprint density at radius 2 is 2.38 bits per heavy atom. The van der Waals surface area contributed by atoms with E-state index in [2.05, 4.69) is 5.32 Å². The van der Waals surface area contributed by atoms with E-state index >= 15 is 0 Å². The largest absolute Gasteiger partial charge is 0.486 e. The fraction of sp³-hybridized carbons (Fsp3) is 0.364. The van der Waals surface area contributed by atoms with E-state index in [0.29, 0.717) is 31.1 Å². The van der Waals surface area contributed by atoms with Gasteiger partial charge in [0.05, 0.1) is 6.42 Å². The van der Waals surface area contributed by atoms with Crippen LogP contribution in [0.25, 0.3) is 0 Å². The van der Waals surface area contributed by atoms with E-state index in [4.69, 9.17) is 15.2 Å². The average molecular weight is 220 g/mol. The molecule has 0 aromatic heterocycles. The van der Waals surface area contributed by atoms with Crippen molar-refractivity contribution in [1.29, 1.82) is 0 Å². The van der Waals surface area contributed by atoms with E-state index in [1.165, 1.54) is 0 Å². The zero-order valence-electron chi connectivity index (χ0n) is 8.66. The van der Waals surface area contributed by atoms with Crippen LogP contribution in [0.15, 0.2) is 12.1 Å². The lowest BCUT2D eigenvalue weighted by molar-refractivity contribution is -0.115. The molecular weight excluding hydrogens is 208 g/mol. The van der Waals surface area contributed by atoms with Gasteiger partial charge in [-0.3, -0.25) is 4.79 Å². The molecule has 3 N–H and O–H groups in total. The monoisotopic (exact) mass is 220 g/mol. The summed E-state index contributed by atoms with van der Waals surface area (Å²) in [7, 11) is 0. The van der Waals surface area contributed by atoms with Crippen LogP contribution in [0, 0.1) is 0 Å². The van der Waals surface area contributed by atoms with E-state index in [-0.39, 0.29) is 12.0 Å². The van der Waals surface area contributed by atoms with Crippen molar-refractivity contribution in [3.05, 3.63) is 17.7 Å². The highest BCUT2D eigenvalue weighted by Gasteiger charge is 2.29. The molecule has 0 fully saturated rings. The predicted molar refractivity (Wildman–Crippen MR) is 57.7 cm³/mol. The first kappa shape index (κ1) is 9.47. The standard InChI is InChI=1S/C11H12N2O3/c12-4-6-5-15-9-2-1-8-7(11(9)16-6)3-10(14)13-8/h1-2,6H,3-5,12H2,(H,13,14). The third-order valence-corrected chi connectivity index (χ3v) is 2.81. The molecule has 1 atom stereocenters. The van der Waals surface area contributed by atoms with Crippen LogP contribution in [0.5, 0.6) is 11.5 Å². The van der Waals surface area contributed by atoms with E-state index in [1.807, 2.05) is 12.1 Å². The molecule has 1 aromatic carbocycles. The summed E-state index contributed by atoms with van der Waals surface area (Å²) < 4.78 is 11.3.